The Bertz CT molecular complexity index is 301. The minimum atomic E-state index is -0.734. The van der Waals surface area contributed by atoms with Gasteiger partial charge in [-0.05, 0) is 38.5 Å². The Morgan fingerprint density at radius 1 is 0.800 bits per heavy atom. The normalized spacial score (nSPS) is 12.1. The van der Waals surface area contributed by atoms with E-state index >= 15 is 0 Å². The lowest BCUT2D eigenvalue weighted by molar-refractivity contribution is -0.136. The average molecular weight is 278 g/mol. The van der Waals surface area contributed by atoms with Crippen molar-refractivity contribution in [2.45, 2.75) is 71.1 Å². The van der Waals surface area contributed by atoms with Gasteiger partial charge in [0.1, 0.15) is 0 Å². The van der Waals surface area contributed by atoms with Gasteiger partial charge in [0.2, 0.25) is 0 Å². The molecule has 2 nitrogen and oxygen atoms in total. The number of aliphatic carboxylic acids is 1. The van der Waals surface area contributed by atoms with Crippen molar-refractivity contribution in [3.63, 3.8) is 0 Å². The van der Waals surface area contributed by atoms with E-state index in [1.54, 1.807) is 0 Å². The molecule has 0 rings (SSSR count). The number of carboxylic acids is 1. The molecule has 0 aliphatic carbocycles. The van der Waals surface area contributed by atoms with Crippen molar-refractivity contribution in [3.05, 3.63) is 36.5 Å². The summed E-state index contributed by atoms with van der Waals surface area (Å²) in [6.07, 6.45) is 23.4. The van der Waals surface area contributed by atoms with Crippen LogP contribution in [0.5, 0.6) is 0 Å². The molecule has 0 fully saturated rings. The fraction of sp³-hybridized carbons (Fsp3) is 0.611. The van der Waals surface area contributed by atoms with Crippen LogP contribution in [0.4, 0.5) is 0 Å². The van der Waals surface area contributed by atoms with Crippen LogP contribution in [0, 0.1) is 0 Å². The third-order valence-corrected chi connectivity index (χ3v) is 3.04. The van der Waals surface area contributed by atoms with Crippen molar-refractivity contribution >= 4 is 5.97 Å². The lowest BCUT2D eigenvalue weighted by Gasteiger charge is -1.95. The number of allylic oxidation sites excluding steroid dienone is 6. The zero-order valence-corrected chi connectivity index (χ0v) is 12.9. The molecule has 0 unspecified atom stereocenters. The minimum Gasteiger partial charge on any atom is -0.481 e. The third kappa shape index (κ3) is 16.7. The predicted molar refractivity (Wildman–Crippen MR) is 86.9 cm³/mol. The summed E-state index contributed by atoms with van der Waals surface area (Å²) in [6.45, 7) is 2.22. The van der Waals surface area contributed by atoms with Gasteiger partial charge in [0, 0.05) is 6.42 Å². The molecule has 0 aliphatic rings. The van der Waals surface area contributed by atoms with Gasteiger partial charge < -0.3 is 5.11 Å². The summed E-state index contributed by atoms with van der Waals surface area (Å²) in [6, 6.07) is 0. The average Bonchev–Trinajstić information content (AvgIpc) is 2.43. The van der Waals surface area contributed by atoms with Gasteiger partial charge in [-0.25, -0.2) is 0 Å². The number of hydrogen-bond donors (Lipinski definition) is 1. The van der Waals surface area contributed by atoms with E-state index in [0.29, 0.717) is 6.42 Å². The van der Waals surface area contributed by atoms with E-state index < -0.39 is 5.97 Å². The molecule has 114 valence electrons. The van der Waals surface area contributed by atoms with E-state index in [1.807, 2.05) is 18.2 Å². The van der Waals surface area contributed by atoms with E-state index in [0.717, 1.165) is 6.42 Å². The largest absolute Gasteiger partial charge is 0.481 e. The summed E-state index contributed by atoms with van der Waals surface area (Å²) in [4.78, 5) is 10.3. The van der Waals surface area contributed by atoms with Gasteiger partial charge in [0.15, 0.2) is 0 Å². The first-order chi connectivity index (χ1) is 9.77. The Morgan fingerprint density at radius 3 is 1.95 bits per heavy atom. The van der Waals surface area contributed by atoms with Gasteiger partial charge >= 0.3 is 5.97 Å². The molecule has 0 bridgehead atoms. The summed E-state index contributed by atoms with van der Waals surface area (Å²) in [5.74, 6) is -0.734. The monoisotopic (exact) mass is 278 g/mol. The van der Waals surface area contributed by atoms with E-state index in [9.17, 15) is 4.79 Å². The number of hydrogen-bond acceptors (Lipinski definition) is 1. The van der Waals surface area contributed by atoms with Crippen LogP contribution in [-0.2, 0) is 4.79 Å². The highest BCUT2D eigenvalue weighted by molar-refractivity contribution is 5.66. The zero-order chi connectivity index (χ0) is 14.9. The highest BCUT2D eigenvalue weighted by Gasteiger charge is 1.90. The van der Waals surface area contributed by atoms with Gasteiger partial charge in [0.25, 0.3) is 0 Å². The molecule has 0 aliphatic heterocycles. The second-order valence-electron chi connectivity index (χ2n) is 5.04. The summed E-state index contributed by atoms with van der Waals surface area (Å²) >= 11 is 0. The molecule has 1 N–H and O–H groups in total. The quantitative estimate of drug-likeness (QED) is 0.268. The predicted octanol–water partition coefficient (Wildman–Crippen LogP) is 5.66. The molecule has 20 heavy (non-hydrogen) atoms. The van der Waals surface area contributed by atoms with E-state index in [4.69, 9.17) is 5.11 Å². The first kappa shape index (κ1) is 18.7. The van der Waals surface area contributed by atoms with E-state index in [-0.39, 0.29) is 6.42 Å². The standard InChI is InChI=1S/C18H30O2/c1-2-3-4-5-6-7-8-9-10-11-12-13-14-15-16-17-18(19)20/h5-6,12-15H,2-4,7-11,16-17H2,1H3,(H,19,20)/b6-5+,13-12+,15-14+. The summed E-state index contributed by atoms with van der Waals surface area (Å²) in [5, 5.41) is 8.46. The van der Waals surface area contributed by atoms with Crippen molar-refractivity contribution in [1.29, 1.82) is 0 Å². The lowest BCUT2D eigenvalue weighted by atomic mass is 10.1. The second-order valence-corrected chi connectivity index (χ2v) is 5.04. The Labute approximate surface area is 124 Å². The first-order valence-electron chi connectivity index (χ1n) is 7.95. The fourth-order valence-corrected chi connectivity index (χ4v) is 1.82. The highest BCUT2D eigenvalue weighted by Crippen LogP contribution is 2.05. The molecule has 0 atom stereocenters. The van der Waals surface area contributed by atoms with Gasteiger partial charge in [-0.2, -0.15) is 0 Å². The molecule has 0 spiro atoms. The molecule has 0 heterocycles. The zero-order valence-electron chi connectivity index (χ0n) is 12.9. The maximum atomic E-state index is 10.3. The van der Waals surface area contributed by atoms with Crippen molar-refractivity contribution in [1.82, 2.24) is 0 Å². The van der Waals surface area contributed by atoms with Crippen LogP contribution in [-0.4, -0.2) is 11.1 Å². The maximum Gasteiger partial charge on any atom is 0.303 e. The van der Waals surface area contributed by atoms with Gasteiger partial charge in [-0.15, -0.1) is 0 Å². The highest BCUT2D eigenvalue weighted by atomic mass is 16.4. The van der Waals surface area contributed by atoms with Crippen LogP contribution >= 0.6 is 0 Å². The first-order valence-corrected chi connectivity index (χ1v) is 7.95. The number of carboxylic acid groups (broad SMARTS) is 1. The molecule has 0 saturated heterocycles. The molecular weight excluding hydrogens is 248 g/mol. The molecule has 0 amide bonds. The Balaban J connectivity index is 3.26. The third-order valence-electron chi connectivity index (χ3n) is 3.04. The van der Waals surface area contributed by atoms with E-state index in [1.165, 1.54) is 44.9 Å². The molecular formula is C18H30O2. The molecule has 0 radical (unpaired) electrons. The SMILES string of the molecule is CCCC/C=C/CCCCC/C=C/C=C/CCC(=O)O. The van der Waals surface area contributed by atoms with Crippen molar-refractivity contribution in [2.75, 3.05) is 0 Å². The smallest absolute Gasteiger partial charge is 0.303 e. The topological polar surface area (TPSA) is 37.3 Å². The molecule has 0 aromatic rings. The van der Waals surface area contributed by atoms with Crippen LogP contribution in [0.3, 0.4) is 0 Å². The molecule has 0 aromatic carbocycles. The number of unbranched alkanes of at least 4 members (excludes halogenated alkanes) is 6. The lowest BCUT2D eigenvalue weighted by Crippen LogP contribution is -1.91. The number of rotatable bonds is 13. The Hall–Kier alpha value is -1.31. The van der Waals surface area contributed by atoms with Crippen LogP contribution in [0.25, 0.3) is 0 Å². The second kappa shape index (κ2) is 15.7. The maximum absolute atomic E-state index is 10.3. The van der Waals surface area contributed by atoms with Crippen LogP contribution < -0.4 is 0 Å². The summed E-state index contributed by atoms with van der Waals surface area (Å²) in [7, 11) is 0. The number of carbonyl (C=O) groups is 1. The molecule has 0 aromatic heterocycles. The van der Waals surface area contributed by atoms with Gasteiger partial charge in [-0.3, -0.25) is 4.79 Å². The van der Waals surface area contributed by atoms with Gasteiger partial charge in [0.05, 0.1) is 0 Å². The summed E-state index contributed by atoms with van der Waals surface area (Å²) < 4.78 is 0. The fourth-order valence-electron chi connectivity index (χ4n) is 1.82. The van der Waals surface area contributed by atoms with Crippen molar-refractivity contribution < 1.29 is 9.90 Å². The van der Waals surface area contributed by atoms with Gasteiger partial charge in [-0.1, -0.05) is 62.6 Å². The molecule has 2 heteroatoms. The van der Waals surface area contributed by atoms with Crippen LogP contribution in [0.15, 0.2) is 36.5 Å². The van der Waals surface area contributed by atoms with Crippen LogP contribution in [0.1, 0.15) is 71.1 Å². The van der Waals surface area contributed by atoms with Crippen LogP contribution in [0.2, 0.25) is 0 Å². The van der Waals surface area contributed by atoms with E-state index in [2.05, 4.69) is 25.2 Å². The Morgan fingerprint density at radius 2 is 1.35 bits per heavy atom. The minimum absolute atomic E-state index is 0.218. The van der Waals surface area contributed by atoms with Crippen molar-refractivity contribution in [2.24, 2.45) is 0 Å². The summed E-state index contributed by atoms with van der Waals surface area (Å²) in [5.41, 5.74) is 0. The van der Waals surface area contributed by atoms with Crippen molar-refractivity contribution in [3.8, 4) is 0 Å². The Kier molecular flexibility index (Phi) is 14.7. The molecule has 0 saturated carbocycles.